The van der Waals surface area contributed by atoms with Crippen molar-refractivity contribution in [2.24, 2.45) is 4.99 Å². The Balaban J connectivity index is 1.73. The average molecular weight is 396 g/mol. The molecule has 0 bridgehead atoms. The molecule has 0 unspecified atom stereocenters. The SMILES string of the molecule is CCN(CC)c1ccc(C=NC[C@@H](c2ccc(OC)cc2)N2CCCC2)c(O)c1. The number of likely N-dealkylation sites (tertiary alicyclic amines) is 1. The van der Waals surface area contributed by atoms with Gasteiger partial charge in [-0.3, -0.25) is 9.89 Å². The summed E-state index contributed by atoms with van der Waals surface area (Å²) in [5.41, 5.74) is 3.06. The highest BCUT2D eigenvalue weighted by Crippen LogP contribution is 2.28. The van der Waals surface area contributed by atoms with Crippen molar-refractivity contribution >= 4 is 11.9 Å². The lowest BCUT2D eigenvalue weighted by molar-refractivity contribution is 0.252. The van der Waals surface area contributed by atoms with Gasteiger partial charge < -0.3 is 14.7 Å². The molecule has 5 nitrogen and oxygen atoms in total. The first kappa shape index (κ1) is 21.2. The highest BCUT2D eigenvalue weighted by Gasteiger charge is 2.23. The molecule has 3 rings (SSSR count). The third kappa shape index (κ3) is 5.30. The Kier molecular flexibility index (Phi) is 7.53. The topological polar surface area (TPSA) is 48.3 Å². The van der Waals surface area contributed by atoms with E-state index < -0.39 is 0 Å². The Labute approximate surface area is 174 Å². The fourth-order valence-corrected chi connectivity index (χ4v) is 3.99. The number of anilines is 1. The second-order valence-electron chi connectivity index (χ2n) is 7.44. The fourth-order valence-electron chi connectivity index (χ4n) is 3.99. The molecule has 1 heterocycles. The molecule has 29 heavy (non-hydrogen) atoms. The van der Waals surface area contributed by atoms with Crippen molar-refractivity contribution < 1.29 is 9.84 Å². The number of aliphatic imine (C=N–C) groups is 1. The lowest BCUT2D eigenvalue weighted by atomic mass is 10.1. The van der Waals surface area contributed by atoms with Crippen LogP contribution >= 0.6 is 0 Å². The van der Waals surface area contributed by atoms with Crippen LogP contribution in [0, 0.1) is 0 Å². The quantitative estimate of drug-likeness (QED) is 0.635. The summed E-state index contributed by atoms with van der Waals surface area (Å²) in [4.78, 5) is 9.43. The monoisotopic (exact) mass is 395 g/mol. The van der Waals surface area contributed by atoms with Gasteiger partial charge in [0.05, 0.1) is 19.7 Å². The van der Waals surface area contributed by atoms with E-state index in [1.165, 1.54) is 18.4 Å². The molecule has 1 saturated heterocycles. The van der Waals surface area contributed by atoms with E-state index in [0.717, 1.165) is 43.2 Å². The van der Waals surface area contributed by atoms with Crippen LogP contribution in [0.1, 0.15) is 43.9 Å². The average Bonchev–Trinajstić information content (AvgIpc) is 3.28. The molecule has 0 saturated carbocycles. The smallest absolute Gasteiger partial charge is 0.126 e. The van der Waals surface area contributed by atoms with Crippen LogP contribution in [0.3, 0.4) is 0 Å². The number of benzene rings is 2. The van der Waals surface area contributed by atoms with Gasteiger partial charge in [0, 0.05) is 36.6 Å². The predicted octanol–water partition coefficient (Wildman–Crippen LogP) is 4.50. The molecule has 2 aromatic carbocycles. The highest BCUT2D eigenvalue weighted by atomic mass is 16.5. The van der Waals surface area contributed by atoms with Crippen LogP contribution in [0.15, 0.2) is 47.5 Å². The number of methoxy groups -OCH3 is 1. The van der Waals surface area contributed by atoms with E-state index in [1.54, 1.807) is 13.3 Å². The standard InChI is InChI=1S/C24H33N3O2/c1-4-26(5-2)21-11-8-20(24(28)16-21)17-25-18-23(27-14-6-7-15-27)19-9-12-22(29-3)13-10-19/h8-13,16-17,23,28H,4-7,14-15,18H2,1-3H3/t23-/m0/s1. The molecule has 0 spiro atoms. The van der Waals surface area contributed by atoms with Gasteiger partial charge in [0.2, 0.25) is 0 Å². The molecule has 0 amide bonds. The predicted molar refractivity (Wildman–Crippen MR) is 121 cm³/mol. The number of hydrogen-bond acceptors (Lipinski definition) is 5. The second-order valence-corrected chi connectivity index (χ2v) is 7.44. The zero-order valence-corrected chi connectivity index (χ0v) is 17.8. The first-order valence-corrected chi connectivity index (χ1v) is 10.6. The Morgan fingerprint density at radius 3 is 2.38 bits per heavy atom. The van der Waals surface area contributed by atoms with E-state index in [4.69, 9.17) is 9.73 Å². The Hall–Kier alpha value is -2.53. The number of ether oxygens (including phenoxy) is 1. The van der Waals surface area contributed by atoms with E-state index in [9.17, 15) is 5.11 Å². The Bertz CT molecular complexity index is 794. The van der Waals surface area contributed by atoms with Crippen molar-refractivity contribution in [1.82, 2.24) is 4.90 Å². The van der Waals surface area contributed by atoms with Crippen LogP contribution in [-0.4, -0.2) is 56.1 Å². The fraction of sp³-hybridized carbons (Fsp3) is 0.458. The molecule has 0 aliphatic carbocycles. The number of phenolic OH excluding ortho intramolecular Hbond substituents is 1. The Morgan fingerprint density at radius 1 is 1.10 bits per heavy atom. The Morgan fingerprint density at radius 2 is 1.79 bits per heavy atom. The molecule has 1 aliphatic rings. The number of rotatable bonds is 9. The summed E-state index contributed by atoms with van der Waals surface area (Å²) in [6.45, 7) is 8.96. The van der Waals surface area contributed by atoms with E-state index in [-0.39, 0.29) is 11.8 Å². The van der Waals surface area contributed by atoms with Gasteiger partial charge >= 0.3 is 0 Å². The first-order chi connectivity index (χ1) is 14.2. The van der Waals surface area contributed by atoms with Gasteiger partial charge in [-0.05, 0) is 69.6 Å². The summed E-state index contributed by atoms with van der Waals surface area (Å²) >= 11 is 0. The second kappa shape index (κ2) is 10.3. The van der Waals surface area contributed by atoms with Crippen molar-refractivity contribution in [3.8, 4) is 11.5 Å². The summed E-state index contributed by atoms with van der Waals surface area (Å²) in [6.07, 6.45) is 4.28. The summed E-state index contributed by atoms with van der Waals surface area (Å²) in [5, 5.41) is 10.4. The summed E-state index contributed by atoms with van der Waals surface area (Å²) < 4.78 is 5.29. The van der Waals surface area contributed by atoms with Crippen LogP contribution in [0.5, 0.6) is 11.5 Å². The molecule has 1 N–H and O–H groups in total. The van der Waals surface area contributed by atoms with Gasteiger partial charge in [-0.25, -0.2) is 0 Å². The van der Waals surface area contributed by atoms with Crippen LogP contribution < -0.4 is 9.64 Å². The largest absolute Gasteiger partial charge is 0.507 e. The van der Waals surface area contributed by atoms with Crippen molar-refractivity contribution in [3.63, 3.8) is 0 Å². The number of hydrogen-bond donors (Lipinski definition) is 1. The van der Waals surface area contributed by atoms with Gasteiger partial charge in [-0.2, -0.15) is 0 Å². The maximum Gasteiger partial charge on any atom is 0.126 e. The lowest BCUT2D eigenvalue weighted by Gasteiger charge is -2.26. The molecular weight excluding hydrogens is 362 g/mol. The number of aromatic hydroxyl groups is 1. The third-order valence-corrected chi connectivity index (χ3v) is 5.73. The van der Waals surface area contributed by atoms with Gasteiger partial charge in [-0.1, -0.05) is 12.1 Å². The minimum Gasteiger partial charge on any atom is -0.507 e. The van der Waals surface area contributed by atoms with Crippen LogP contribution in [0.4, 0.5) is 5.69 Å². The third-order valence-electron chi connectivity index (χ3n) is 5.73. The van der Waals surface area contributed by atoms with Crippen molar-refractivity contribution in [2.45, 2.75) is 32.7 Å². The van der Waals surface area contributed by atoms with Crippen LogP contribution in [-0.2, 0) is 0 Å². The normalized spacial score (nSPS) is 15.7. The summed E-state index contributed by atoms with van der Waals surface area (Å²) in [7, 11) is 1.69. The van der Waals surface area contributed by atoms with Gasteiger partial charge in [0.1, 0.15) is 11.5 Å². The minimum absolute atomic E-state index is 0.247. The van der Waals surface area contributed by atoms with E-state index >= 15 is 0 Å². The van der Waals surface area contributed by atoms with Crippen LogP contribution in [0.25, 0.3) is 0 Å². The maximum absolute atomic E-state index is 10.4. The molecule has 1 atom stereocenters. The summed E-state index contributed by atoms with van der Waals surface area (Å²) in [6, 6.07) is 14.4. The number of nitrogens with zero attached hydrogens (tertiary/aromatic N) is 3. The van der Waals surface area contributed by atoms with E-state index in [2.05, 4.69) is 41.8 Å². The van der Waals surface area contributed by atoms with Crippen molar-refractivity contribution in [2.75, 3.05) is 44.7 Å². The molecule has 0 radical (unpaired) electrons. The molecular formula is C24H33N3O2. The maximum atomic E-state index is 10.4. The highest BCUT2D eigenvalue weighted by molar-refractivity contribution is 5.84. The lowest BCUT2D eigenvalue weighted by Crippen LogP contribution is -2.27. The van der Waals surface area contributed by atoms with Gasteiger partial charge in [0.25, 0.3) is 0 Å². The van der Waals surface area contributed by atoms with Gasteiger partial charge in [-0.15, -0.1) is 0 Å². The van der Waals surface area contributed by atoms with Crippen LogP contribution in [0.2, 0.25) is 0 Å². The number of phenols is 1. The molecule has 156 valence electrons. The molecule has 2 aromatic rings. The first-order valence-electron chi connectivity index (χ1n) is 10.6. The zero-order chi connectivity index (χ0) is 20.6. The zero-order valence-electron chi connectivity index (χ0n) is 17.8. The van der Waals surface area contributed by atoms with E-state index in [1.807, 2.05) is 24.3 Å². The van der Waals surface area contributed by atoms with Crippen molar-refractivity contribution in [3.05, 3.63) is 53.6 Å². The molecule has 1 fully saturated rings. The molecule has 5 heteroatoms. The molecule has 1 aliphatic heterocycles. The minimum atomic E-state index is 0.247. The molecule has 0 aromatic heterocycles. The van der Waals surface area contributed by atoms with E-state index in [0.29, 0.717) is 6.54 Å². The van der Waals surface area contributed by atoms with Crippen molar-refractivity contribution in [1.29, 1.82) is 0 Å². The summed E-state index contributed by atoms with van der Waals surface area (Å²) in [5.74, 6) is 1.15. The van der Waals surface area contributed by atoms with Gasteiger partial charge in [0.15, 0.2) is 0 Å².